The molecule has 82 heavy (non-hydrogen) atoms. The number of thiophene rings is 1. The fraction of sp³-hybridized carbons (Fsp3) is 0.0132. The van der Waals surface area contributed by atoms with Crippen LogP contribution in [0.1, 0.15) is 22.6 Å². The average molecular weight is 1070 g/mol. The van der Waals surface area contributed by atoms with Crippen LogP contribution in [0.15, 0.2) is 303 Å². The molecule has 15 rings (SSSR count). The van der Waals surface area contributed by atoms with Gasteiger partial charge in [0.15, 0.2) is 17.5 Å². The number of nitrogens with zero attached hydrogens (tertiary/aromatic N) is 5. The predicted molar refractivity (Wildman–Crippen MR) is 343 cm³/mol. The number of para-hydroxylation sites is 2. The lowest BCUT2D eigenvalue weighted by molar-refractivity contribution is 0.978. The van der Waals surface area contributed by atoms with E-state index in [2.05, 4.69) is 276 Å². The van der Waals surface area contributed by atoms with E-state index in [0.717, 1.165) is 61.6 Å². The number of aromatic nitrogens is 4. The fourth-order valence-electron chi connectivity index (χ4n) is 11.8. The Bertz CT molecular complexity index is 4440. The van der Waals surface area contributed by atoms with Gasteiger partial charge >= 0.3 is 0 Å². The summed E-state index contributed by atoms with van der Waals surface area (Å²) in [6.45, 7) is 0. The van der Waals surface area contributed by atoms with Crippen LogP contribution in [0.2, 0.25) is 0 Å². The molecule has 0 unspecified atom stereocenters. The van der Waals surface area contributed by atoms with Crippen LogP contribution in [0.5, 0.6) is 0 Å². The summed E-state index contributed by atoms with van der Waals surface area (Å²) < 4.78 is 4.88. The Kier molecular flexibility index (Phi) is 12.4. The van der Waals surface area contributed by atoms with E-state index < -0.39 is 0 Å². The quantitative estimate of drug-likeness (QED) is 0.114. The number of fused-ring (bicyclic) bond motifs is 6. The van der Waals surface area contributed by atoms with E-state index in [1.165, 1.54) is 58.8 Å². The van der Waals surface area contributed by atoms with Crippen molar-refractivity contribution in [2.24, 2.45) is 0 Å². The third-order valence-electron chi connectivity index (χ3n) is 15.8. The van der Waals surface area contributed by atoms with E-state index in [9.17, 15) is 0 Å². The summed E-state index contributed by atoms with van der Waals surface area (Å²) in [7, 11) is 0. The second kappa shape index (κ2) is 20.9. The molecule has 0 bridgehead atoms. The molecule has 0 saturated carbocycles. The van der Waals surface area contributed by atoms with Gasteiger partial charge in [0.1, 0.15) is 0 Å². The normalized spacial score (nSPS) is 11.5. The Balaban J connectivity index is 0.857. The monoisotopic (exact) mass is 1070 g/mol. The average Bonchev–Trinajstić information content (AvgIpc) is 4.04. The first-order chi connectivity index (χ1) is 40.6. The largest absolute Gasteiger partial charge is 0.311 e. The van der Waals surface area contributed by atoms with Gasteiger partial charge in [-0.25, -0.2) is 15.0 Å². The molecule has 0 N–H and O–H groups in total. The molecule has 0 radical (unpaired) electrons. The molecule has 0 amide bonds. The second-order valence-electron chi connectivity index (χ2n) is 20.8. The van der Waals surface area contributed by atoms with Crippen molar-refractivity contribution in [3.05, 3.63) is 320 Å². The summed E-state index contributed by atoms with van der Waals surface area (Å²) in [5.41, 5.74) is 18.0. The predicted octanol–water partition coefficient (Wildman–Crippen LogP) is 20.3. The number of hydrogen-bond donors (Lipinski definition) is 0. The topological polar surface area (TPSA) is 46.8 Å². The molecule has 386 valence electrons. The van der Waals surface area contributed by atoms with Gasteiger partial charge in [-0.15, -0.1) is 11.3 Å². The maximum atomic E-state index is 5.10. The van der Waals surface area contributed by atoms with Gasteiger partial charge in [-0.3, -0.25) is 0 Å². The van der Waals surface area contributed by atoms with Gasteiger partial charge in [-0.1, -0.05) is 206 Å². The van der Waals surface area contributed by atoms with Crippen LogP contribution in [0.3, 0.4) is 0 Å². The van der Waals surface area contributed by atoms with Gasteiger partial charge in [0, 0.05) is 76.3 Å². The SMILES string of the molecule is c1ccc(-c2nc(-c3ccccc3)nc(-c3ccc4sc5ccc(-n6c7ccc(-c8ccc(C(c9ccccc9)c9ccccc9)cc8)cc7c7cc(-c8ccc(N(c9ccccc9)c9ccccc9)cc8)ccc76)cc5c4c3)n2)cc1. The van der Waals surface area contributed by atoms with Crippen molar-refractivity contribution in [1.29, 1.82) is 0 Å². The summed E-state index contributed by atoms with van der Waals surface area (Å²) in [6.07, 6.45) is 0. The maximum Gasteiger partial charge on any atom is 0.164 e. The molecule has 0 fully saturated rings. The van der Waals surface area contributed by atoms with Crippen LogP contribution in [-0.2, 0) is 0 Å². The molecular formula is C76H51N5S. The first-order valence-corrected chi connectivity index (χ1v) is 28.6. The van der Waals surface area contributed by atoms with Crippen molar-refractivity contribution < 1.29 is 0 Å². The lowest BCUT2D eigenvalue weighted by Gasteiger charge is -2.25. The number of benzene rings is 12. The summed E-state index contributed by atoms with van der Waals surface area (Å²) in [4.78, 5) is 17.5. The Morgan fingerprint density at radius 1 is 0.280 bits per heavy atom. The first kappa shape index (κ1) is 48.6. The molecule has 0 saturated heterocycles. The van der Waals surface area contributed by atoms with Crippen molar-refractivity contribution in [1.82, 2.24) is 19.5 Å². The molecular weight excluding hydrogens is 1010 g/mol. The van der Waals surface area contributed by atoms with E-state index in [4.69, 9.17) is 15.0 Å². The molecule has 0 aliphatic carbocycles. The maximum absolute atomic E-state index is 5.10. The van der Waals surface area contributed by atoms with Crippen LogP contribution < -0.4 is 4.90 Å². The first-order valence-electron chi connectivity index (χ1n) is 27.8. The highest BCUT2D eigenvalue weighted by Gasteiger charge is 2.21. The van der Waals surface area contributed by atoms with Crippen molar-refractivity contribution in [2.45, 2.75) is 5.92 Å². The van der Waals surface area contributed by atoms with Gasteiger partial charge in [0.05, 0.1) is 11.0 Å². The van der Waals surface area contributed by atoms with E-state index in [0.29, 0.717) is 17.5 Å². The van der Waals surface area contributed by atoms with Gasteiger partial charge in [0.2, 0.25) is 0 Å². The van der Waals surface area contributed by atoms with Crippen LogP contribution in [0.4, 0.5) is 17.1 Å². The number of hydrogen-bond acceptors (Lipinski definition) is 5. The van der Waals surface area contributed by atoms with E-state index in [1.54, 1.807) is 0 Å². The third-order valence-corrected chi connectivity index (χ3v) is 16.9. The number of rotatable bonds is 12. The Morgan fingerprint density at radius 3 is 1.15 bits per heavy atom. The van der Waals surface area contributed by atoms with Gasteiger partial charge in [-0.05, 0) is 136 Å². The Labute approximate surface area is 480 Å². The Morgan fingerprint density at radius 2 is 0.646 bits per heavy atom. The molecule has 5 nitrogen and oxygen atoms in total. The molecule has 3 aromatic heterocycles. The van der Waals surface area contributed by atoms with Crippen molar-refractivity contribution >= 4 is 70.4 Å². The zero-order valence-corrected chi connectivity index (χ0v) is 45.4. The number of anilines is 3. The highest BCUT2D eigenvalue weighted by molar-refractivity contribution is 7.25. The molecule has 12 aromatic carbocycles. The minimum absolute atomic E-state index is 0.123. The lowest BCUT2D eigenvalue weighted by atomic mass is 9.84. The Hall–Kier alpha value is -10.5. The van der Waals surface area contributed by atoms with E-state index in [1.807, 2.05) is 47.7 Å². The van der Waals surface area contributed by atoms with Gasteiger partial charge < -0.3 is 9.47 Å². The highest BCUT2D eigenvalue weighted by Crippen LogP contribution is 2.43. The van der Waals surface area contributed by atoms with E-state index in [-0.39, 0.29) is 5.92 Å². The van der Waals surface area contributed by atoms with Crippen LogP contribution >= 0.6 is 11.3 Å². The summed E-state index contributed by atoms with van der Waals surface area (Å²) in [5, 5.41) is 4.73. The molecule has 3 heterocycles. The zero-order chi connectivity index (χ0) is 54.3. The molecule has 0 aliphatic rings. The van der Waals surface area contributed by atoms with Gasteiger partial charge in [0.25, 0.3) is 0 Å². The second-order valence-corrected chi connectivity index (χ2v) is 21.8. The minimum Gasteiger partial charge on any atom is -0.311 e. The molecule has 15 aromatic rings. The molecule has 6 heteroatoms. The molecule has 0 atom stereocenters. The summed E-state index contributed by atoms with van der Waals surface area (Å²) in [5.74, 6) is 2.05. The highest BCUT2D eigenvalue weighted by atomic mass is 32.1. The van der Waals surface area contributed by atoms with Crippen LogP contribution in [0, 0.1) is 0 Å². The summed E-state index contributed by atoms with van der Waals surface area (Å²) in [6, 6.07) is 109. The standard InChI is InChI=1S/C76H51N5S/c1-7-19-53(20-8-1)73(54-21-9-2-10-22-54)55-33-31-51(32-34-55)58-37-43-69-65(47-58)66-48-59(52-35-40-63(41-36-52)80(61-27-15-5-16-28-61)62-29-17-6-18-30-62)38-44-70(66)81(69)64-42-46-72-68(50-64)67-49-60(39-45-71(67)82-72)76-78-74(56-23-11-3-12-24-56)77-75(79-76)57-25-13-4-14-26-57/h1-50,73H. The smallest absolute Gasteiger partial charge is 0.164 e. The fourth-order valence-corrected chi connectivity index (χ4v) is 12.8. The van der Waals surface area contributed by atoms with Crippen LogP contribution in [0.25, 0.3) is 104 Å². The van der Waals surface area contributed by atoms with Crippen molar-refractivity contribution in [3.8, 4) is 62.1 Å². The summed E-state index contributed by atoms with van der Waals surface area (Å²) >= 11 is 1.81. The van der Waals surface area contributed by atoms with Crippen molar-refractivity contribution in [2.75, 3.05) is 4.90 Å². The molecule has 0 spiro atoms. The van der Waals surface area contributed by atoms with E-state index >= 15 is 0 Å². The lowest BCUT2D eigenvalue weighted by Crippen LogP contribution is -2.09. The van der Waals surface area contributed by atoms with Gasteiger partial charge in [-0.2, -0.15) is 0 Å². The third kappa shape index (κ3) is 9.07. The zero-order valence-electron chi connectivity index (χ0n) is 44.6. The molecule has 0 aliphatic heterocycles. The minimum atomic E-state index is 0.123. The van der Waals surface area contributed by atoms with Crippen molar-refractivity contribution in [3.63, 3.8) is 0 Å². The van der Waals surface area contributed by atoms with Crippen LogP contribution in [-0.4, -0.2) is 19.5 Å².